The maximum atomic E-state index is 13.0. The van der Waals surface area contributed by atoms with Crippen LogP contribution in [-0.4, -0.2) is 55.6 Å². The van der Waals surface area contributed by atoms with E-state index in [0.717, 1.165) is 44.6 Å². The molecule has 2 atom stereocenters. The number of carbonyl (C=O) groups is 1. The Hall–Kier alpha value is -2.31. The zero-order valence-corrected chi connectivity index (χ0v) is 18.6. The van der Waals surface area contributed by atoms with Crippen LogP contribution in [0.25, 0.3) is 6.08 Å². The van der Waals surface area contributed by atoms with E-state index in [9.17, 15) is 4.79 Å². The van der Waals surface area contributed by atoms with Gasteiger partial charge in [0, 0.05) is 43.2 Å². The van der Waals surface area contributed by atoms with Crippen molar-refractivity contribution < 1.29 is 14.3 Å². The van der Waals surface area contributed by atoms with Crippen molar-refractivity contribution in [1.82, 2.24) is 9.80 Å². The molecule has 1 aromatic heterocycles. The standard InChI is InChI=1S/C24H30N2O3S/c1-28-22-9-7-18(15-23(22)29-2)8-10-24(27)26-12-3-5-19-16-25(13-11-21(19)26)17-20-6-4-14-30-20/h4,6-10,14-15,19,21H,3,5,11-13,16-17H2,1-2H3/b10-8+/t19-,21-/m1/s1. The molecule has 0 aliphatic carbocycles. The predicted octanol–water partition coefficient (Wildman–Crippen LogP) is 4.29. The van der Waals surface area contributed by atoms with Crippen LogP contribution in [-0.2, 0) is 11.3 Å². The highest BCUT2D eigenvalue weighted by Crippen LogP contribution is 2.32. The number of rotatable bonds is 6. The number of hydrogen-bond donors (Lipinski definition) is 0. The highest BCUT2D eigenvalue weighted by Gasteiger charge is 2.37. The van der Waals surface area contributed by atoms with Crippen molar-refractivity contribution in [3.05, 3.63) is 52.2 Å². The maximum Gasteiger partial charge on any atom is 0.246 e. The largest absolute Gasteiger partial charge is 0.493 e. The van der Waals surface area contributed by atoms with Gasteiger partial charge in [-0.1, -0.05) is 12.1 Å². The van der Waals surface area contributed by atoms with Crippen molar-refractivity contribution in [2.24, 2.45) is 5.92 Å². The molecule has 5 nitrogen and oxygen atoms in total. The van der Waals surface area contributed by atoms with Crippen molar-refractivity contribution in [2.75, 3.05) is 33.9 Å². The van der Waals surface area contributed by atoms with Crippen LogP contribution in [0.15, 0.2) is 41.8 Å². The van der Waals surface area contributed by atoms with Crippen molar-refractivity contribution >= 4 is 23.3 Å². The Kier molecular flexibility index (Phi) is 6.75. The Morgan fingerprint density at radius 1 is 1.17 bits per heavy atom. The third-order valence-electron chi connectivity index (χ3n) is 6.22. The van der Waals surface area contributed by atoms with E-state index in [1.165, 1.54) is 11.3 Å². The van der Waals surface area contributed by atoms with Gasteiger partial charge in [0.15, 0.2) is 11.5 Å². The molecule has 1 amide bonds. The minimum atomic E-state index is 0.117. The van der Waals surface area contributed by atoms with Gasteiger partial charge in [-0.3, -0.25) is 9.69 Å². The number of fused-ring (bicyclic) bond motifs is 1. The van der Waals surface area contributed by atoms with Gasteiger partial charge in [-0.2, -0.15) is 0 Å². The molecule has 0 bridgehead atoms. The van der Waals surface area contributed by atoms with E-state index >= 15 is 0 Å². The molecule has 160 valence electrons. The predicted molar refractivity (Wildman–Crippen MR) is 121 cm³/mol. The summed E-state index contributed by atoms with van der Waals surface area (Å²) in [5.41, 5.74) is 0.931. The average Bonchev–Trinajstić information content (AvgIpc) is 3.29. The molecule has 0 radical (unpaired) electrons. The van der Waals surface area contributed by atoms with Gasteiger partial charge in [-0.05, 0) is 60.4 Å². The fraction of sp³-hybridized carbons (Fsp3) is 0.458. The molecular formula is C24H30N2O3S. The highest BCUT2D eigenvalue weighted by atomic mass is 32.1. The van der Waals surface area contributed by atoms with E-state index in [1.807, 2.05) is 35.6 Å². The smallest absolute Gasteiger partial charge is 0.246 e. The summed E-state index contributed by atoms with van der Waals surface area (Å²) in [6, 6.07) is 10.4. The van der Waals surface area contributed by atoms with E-state index < -0.39 is 0 Å². The van der Waals surface area contributed by atoms with Crippen LogP contribution in [0.5, 0.6) is 11.5 Å². The molecule has 1 aromatic carbocycles. The van der Waals surface area contributed by atoms with Crippen LogP contribution in [0.4, 0.5) is 0 Å². The lowest BCUT2D eigenvalue weighted by molar-refractivity contribution is -0.133. The number of amides is 1. The van der Waals surface area contributed by atoms with Gasteiger partial charge in [0.25, 0.3) is 0 Å². The number of benzene rings is 1. The molecule has 0 N–H and O–H groups in total. The molecule has 2 fully saturated rings. The summed E-state index contributed by atoms with van der Waals surface area (Å²) in [6.07, 6.45) is 6.95. The molecule has 6 heteroatoms. The lowest BCUT2D eigenvalue weighted by Gasteiger charge is -2.47. The first-order valence-electron chi connectivity index (χ1n) is 10.6. The summed E-state index contributed by atoms with van der Waals surface area (Å²) >= 11 is 1.83. The van der Waals surface area contributed by atoms with Crippen LogP contribution >= 0.6 is 11.3 Å². The Morgan fingerprint density at radius 3 is 2.80 bits per heavy atom. The lowest BCUT2D eigenvalue weighted by atomic mass is 9.83. The molecule has 2 aliphatic heterocycles. The first-order valence-corrected chi connectivity index (χ1v) is 11.5. The summed E-state index contributed by atoms with van der Waals surface area (Å²) < 4.78 is 10.6. The lowest BCUT2D eigenvalue weighted by Crippen LogP contribution is -2.55. The van der Waals surface area contributed by atoms with Crippen LogP contribution in [0.3, 0.4) is 0 Å². The first kappa shape index (κ1) is 20.9. The number of ether oxygens (including phenoxy) is 2. The Labute approximate surface area is 182 Å². The van der Waals surface area contributed by atoms with E-state index in [0.29, 0.717) is 23.5 Å². The fourth-order valence-corrected chi connectivity index (χ4v) is 5.48. The van der Waals surface area contributed by atoms with Gasteiger partial charge in [0.1, 0.15) is 0 Å². The van der Waals surface area contributed by atoms with E-state index in [-0.39, 0.29) is 5.91 Å². The van der Waals surface area contributed by atoms with Crippen molar-refractivity contribution in [1.29, 1.82) is 0 Å². The SMILES string of the molecule is COc1ccc(/C=C/C(=O)N2CCC[C@@H]3CN(Cc4cccs4)CC[C@H]32)cc1OC. The molecule has 0 unspecified atom stereocenters. The Balaban J connectivity index is 1.39. The van der Waals surface area contributed by atoms with Gasteiger partial charge in [-0.15, -0.1) is 11.3 Å². The third-order valence-corrected chi connectivity index (χ3v) is 7.08. The third kappa shape index (κ3) is 4.71. The summed E-state index contributed by atoms with van der Waals surface area (Å²) in [6.45, 7) is 4.04. The minimum Gasteiger partial charge on any atom is -0.493 e. The molecule has 2 saturated heterocycles. The Morgan fingerprint density at radius 2 is 2.03 bits per heavy atom. The molecule has 2 aromatic rings. The van der Waals surface area contributed by atoms with Crippen molar-refractivity contribution in [2.45, 2.75) is 31.8 Å². The average molecular weight is 427 g/mol. The monoisotopic (exact) mass is 426 g/mol. The highest BCUT2D eigenvalue weighted by molar-refractivity contribution is 7.09. The topological polar surface area (TPSA) is 42.0 Å². The number of hydrogen-bond acceptors (Lipinski definition) is 5. The molecule has 4 rings (SSSR count). The second kappa shape index (κ2) is 9.67. The molecule has 0 saturated carbocycles. The number of piperidine rings is 2. The summed E-state index contributed by atoms with van der Waals surface area (Å²) in [7, 11) is 3.24. The zero-order valence-electron chi connectivity index (χ0n) is 17.8. The van der Waals surface area contributed by atoms with Gasteiger partial charge in [-0.25, -0.2) is 0 Å². The van der Waals surface area contributed by atoms with Crippen LogP contribution in [0.1, 0.15) is 29.7 Å². The molecule has 30 heavy (non-hydrogen) atoms. The van der Waals surface area contributed by atoms with E-state index in [2.05, 4.69) is 27.3 Å². The quantitative estimate of drug-likeness (QED) is 0.646. The Bertz CT molecular complexity index is 881. The van der Waals surface area contributed by atoms with Crippen molar-refractivity contribution in [3.8, 4) is 11.5 Å². The summed E-state index contributed by atoms with van der Waals surface area (Å²) in [5.74, 6) is 2.05. The van der Waals surface area contributed by atoms with Crippen LogP contribution in [0.2, 0.25) is 0 Å². The number of nitrogens with zero attached hydrogens (tertiary/aromatic N) is 2. The minimum absolute atomic E-state index is 0.117. The van der Waals surface area contributed by atoms with E-state index in [1.54, 1.807) is 20.3 Å². The molecule has 0 spiro atoms. The molecular weight excluding hydrogens is 396 g/mol. The summed E-state index contributed by atoms with van der Waals surface area (Å²) in [4.78, 5) is 19.1. The van der Waals surface area contributed by atoms with Gasteiger partial charge in [0.05, 0.1) is 14.2 Å². The maximum absolute atomic E-state index is 13.0. The fourth-order valence-electron chi connectivity index (χ4n) is 4.74. The van der Waals surface area contributed by atoms with Crippen LogP contribution in [0, 0.1) is 5.92 Å². The number of methoxy groups -OCH3 is 2. The first-order chi connectivity index (χ1) is 14.7. The number of carbonyl (C=O) groups excluding carboxylic acids is 1. The van der Waals surface area contributed by atoms with E-state index in [4.69, 9.17) is 9.47 Å². The number of likely N-dealkylation sites (tertiary alicyclic amines) is 2. The zero-order chi connectivity index (χ0) is 20.9. The molecule has 3 heterocycles. The van der Waals surface area contributed by atoms with Gasteiger partial charge < -0.3 is 14.4 Å². The summed E-state index contributed by atoms with van der Waals surface area (Å²) in [5, 5.41) is 2.15. The van der Waals surface area contributed by atoms with Crippen LogP contribution < -0.4 is 9.47 Å². The second-order valence-corrected chi connectivity index (χ2v) is 9.08. The van der Waals surface area contributed by atoms with Crippen molar-refractivity contribution in [3.63, 3.8) is 0 Å². The normalized spacial score (nSPS) is 22.1. The second-order valence-electron chi connectivity index (χ2n) is 8.05. The number of thiophene rings is 1. The van der Waals surface area contributed by atoms with Gasteiger partial charge >= 0.3 is 0 Å². The molecule has 2 aliphatic rings. The van der Waals surface area contributed by atoms with Gasteiger partial charge in [0.2, 0.25) is 5.91 Å².